The number of allylic oxidation sites excluding steroid dienone is 1. The van der Waals surface area contributed by atoms with Gasteiger partial charge in [-0.15, -0.1) is 0 Å². The molecule has 1 N–H and O–H groups in total. The zero-order chi connectivity index (χ0) is 15.5. The van der Waals surface area contributed by atoms with E-state index in [1.165, 1.54) is 5.57 Å². The van der Waals surface area contributed by atoms with Crippen LogP contribution in [0.1, 0.15) is 69.2 Å². The van der Waals surface area contributed by atoms with Gasteiger partial charge in [0.15, 0.2) is 0 Å². The number of rotatable bonds is 4. The van der Waals surface area contributed by atoms with Crippen LogP contribution in [0, 0.1) is 11.3 Å². The van der Waals surface area contributed by atoms with Crippen LogP contribution in [0.4, 0.5) is 0 Å². The summed E-state index contributed by atoms with van der Waals surface area (Å²) in [6.07, 6.45) is 0. The first kappa shape index (κ1) is 22.5. The first-order chi connectivity index (χ1) is 8.16. The third kappa shape index (κ3) is 10.4. The SMILES string of the molecule is C=C(C)C(NC(=C)C(C)(C)C)C(C)C.CC.CC. The minimum atomic E-state index is 0.114. The molecular weight excluding hydrogens is 218 g/mol. The van der Waals surface area contributed by atoms with Crippen molar-refractivity contribution in [2.75, 3.05) is 0 Å². The lowest BCUT2D eigenvalue weighted by atomic mass is 9.90. The van der Waals surface area contributed by atoms with Gasteiger partial charge in [0.25, 0.3) is 0 Å². The Balaban J connectivity index is -0.000000506. The second-order valence-electron chi connectivity index (χ2n) is 5.44. The summed E-state index contributed by atoms with van der Waals surface area (Å²) < 4.78 is 0. The lowest BCUT2D eigenvalue weighted by Crippen LogP contribution is -2.37. The van der Waals surface area contributed by atoms with Crippen molar-refractivity contribution >= 4 is 0 Å². The average Bonchev–Trinajstić information content (AvgIpc) is 2.28. The van der Waals surface area contributed by atoms with Gasteiger partial charge in [-0.05, 0) is 12.8 Å². The topological polar surface area (TPSA) is 12.0 Å². The Morgan fingerprint density at radius 1 is 0.944 bits per heavy atom. The van der Waals surface area contributed by atoms with Crippen LogP contribution < -0.4 is 5.32 Å². The molecule has 0 amide bonds. The van der Waals surface area contributed by atoms with Gasteiger partial charge < -0.3 is 5.32 Å². The average molecular weight is 255 g/mol. The molecule has 0 aliphatic carbocycles. The molecule has 0 aromatic carbocycles. The van der Waals surface area contributed by atoms with Gasteiger partial charge in [0.2, 0.25) is 0 Å². The van der Waals surface area contributed by atoms with Crippen LogP contribution in [-0.4, -0.2) is 6.04 Å². The quantitative estimate of drug-likeness (QED) is 0.627. The molecule has 0 aromatic rings. The van der Waals surface area contributed by atoms with E-state index in [4.69, 9.17) is 0 Å². The van der Waals surface area contributed by atoms with Gasteiger partial charge in [-0.25, -0.2) is 0 Å². The fraction of sp³-hybridized carbons (Fsp3) is 0.765. The van der Waals surface area contributed by atoms with Crippen LogP contribution in [0.15, 0.2) is 24.4 Å². The highest BCUT2D eigenvalue weighted by Gasteiger charge is 2.20. The Morgan fingerprint density at radius 3 is 1.44 bits per heavy atom. The minimum absolute atomic E-state index is 0.114. The van der Waals surface area contributed by atoms with Crippen molar-refractivity contribution in [2.24, 2.45) is 11.3 Å². The molecule has 1 atom stereocenters. The standard InChI is InChI=1S/C13H25N.2C2H6/c1-9(2)12(10(3)4)14-11(5)13(6,7)8;2*1-2/h10,12,14H,1,5H2,2-4,6-8H3;2*1-2H3. The van der Waals surface area contributed by atoms with Crippen molar-refractivity contribution < 1.29 is 0 Å². The number of hydrogen-bond acceptors (Lipinski definition) is 1. The van der Waals surface area contributed by atoms with E-state index in [1.54, 1.807) is 0 Å². The van der Waals surface area contributed by atoms with E-state index in [2.05, 4.69) is 60.0 Å². The summed E-state index contributed by atoms with van der Waals surface area (Å²) in [6.45, 7) is 29.0. The molecule has 0 saturated heterocycles. The van der Waals surface area contributed by atoms with Crippen LogP contribution in [0.2, 0.25) is 0 Å². The lowest BCUT2D eigenvalue weighted by molar-refractivity contribution is 0.403. The van der Waals surface area contributed by atoms with Crippen LogP contribution >= 0.6 is 0 Å². The predicted molar refractivity (Wildman–Crippen MR) is 87.9 cm³/mol. The van der Waals surface area contributed by atoms with Gasteiger partial charge in [-0.2, -0.15) is 0 Å². The van der Waals surface area contributed by atoms with Gasteiger partial charge in [0.05, 0.1) is 0 Å². The fourth-order valence-corrected chi connectivity index (χ4v) is 1.26. The maximum atomic E-state index is 4.08. The zero-order valence-corrected chi connectivity index (χ0v) is 14.6. The molecule has 0 fully saturated rings. The molecule has 0 aliphatic heterocycles. The molecule has 110 valence electrons. The third-order valence-electron chi connectivity index (χ3n) is 2.43. The van der Waals surface area contributed by atoms with E-state index in [0.29, 0.717) is 12.0 Å². The summed E-state index contributed by atoms with van der Waals surface area (Å²) in [5.74, 6) is 0.548. The second kappa shape index (κ2) is 11.4. The Labute approximate surface area is 117 Å². The molecule has 1 heteroatoms. The molecule has 0 aromatic heterocycles. The van der Waals surface area contributed by atoms with Gasteiger partial charge in [0.1, 0.15) is 0 Å². The second-order valence-corrected chi connectivity index (χ2v) is 5.44. The van der Waals surface area contributed by atoms with E-state index in [9.17, 15) is 0 Å². The van der Waals surface area contributed by atoms with Gasteiger partial charge in [-0.3, -0.25) is 0 Å². The fourth-order valence-electron chi connectivity index (χ4n) is 1.26. The van der Waals surface area contributed by atoms with Crippen LogP contribution in [0.5, 0.6) is 0 Å². The Kier molecular flexibility index (Phi) is 14.2. The van der Waals surface area contributed by atoms with Gasteiger partial charge >= 0.3 is 0 Å². The van der Waals surface area contributed by atoms with E-state index in [1.807, 2.05) is 27.7 Å². The lowest BCUT2D eigenvalue weighted by Gasteiger charge is -2.31. The Bertz CT molecular complexity index is 218. The van der Waals surface area contributed by atoms with E-state index in [0.717, 1.165) is 5.70 Å². The summed E-state index contributed by atoms with van der Waals surface area (Å²) >= 11 is 0. The van der Waals surface area contributed by atoms with Crippen molar-refractivity contribution in [1.82, 2.24) is 5.32 Å². The molecule has 1 nitrogen and oxygen atoms in total. The highest BCUT2D eigenvalue weighted by molar-refractivity contribution is 5.12. The normalized spacial score (nSPS) is 11.5. The molecular formula is C17H37N. The van der Waals surface area contributed by atoms with E-state index >= 15 is 0 Å². The summed E-state index contributed by atoms with van der Waals surface area (Å²) in [5, 5.41) is 3.46. The molecule has 0 spiro atoms. The molecule has 0 radical (unpaired) electrons. The molecule has 18 heavy (non-hydrogen) atoms. The first-order valence-electron chi connectivity index (χ1n) is 7.27. The largest absolute Gasteiger partial charge is 0.382 e. The number of nitrogens with one attached hydrogen (secondary N) is 1. The van der Waals surface area contributed by atoms with Crippen LogP contribution in [0.25, 0.3) is 0 Å². The predicted octanol–water partition coefficient (Wildman–Crippen LogP) is 5.79. The van der Waals surface area contributed by atoms with Crippen molar-refractivity contribution in [2.45, 2.75) is 75.3 Å². The summed E-state index contributed by atoms with van der Waals surface area (Å²) in [4.78, 5) is 0. The molecule has 0 heterocycles. The van der Waals surface area contributed by atoms with E-state index in [-0.39, 0.29) is 5.41 Å². The first-order valence-corrected chi connectivity index (χ1v) is 7.27. The number of hydrogen-bond donors (Lipinski definition) is 1. The summed E-state index contributed by atoms with van der Waals surface area (Å²) in [7, 11) is 0. The molecule has 0 aliphatic rings. The van der Waals surface area contributed by atoms with Crippen molar-refractivity contribution in [1.29, 1.82) is 0 Å². The summed E-state index contributed by atoms with van der Waals surface area (Å²) in [5.41, 5.74) is 2.37. The Morgan fingerprint density at radius 2 is 1.28 bits per heavy atom. The van der Waals surface area contributed by atoms with Gasteiger partial charge in [0, 0.05) is 17.2 Å². The zero-order valence-electron chi connectivity index (χ0n) is 14.6. The molecule has 1 unspecified atom stereocenters. The van der Waals surface area contributed by atoms with Gasteiger partial charge in [-0.1, -0.05) is 81.0 Å². The molecule has 0 rings (SSSR count). The van der Waals surface area contributed by atoms with Crippen LogP contribution in [-0.2, 0) is 0 Å². The molecule has 0 bridgehead atoms. The maximum Gasteiger partial charge on any atom is 0.0488 e. The third-order valence-corrected chi connectivity index (χ3v) is 2.43. The minimum Gasteiger partial charge on any atom is -0.382 e. The maximum absolute atomic E-state index is 4.08. The smallest absolute Gasteiger partial charge is 0.0488 e. The van der Waals surface area contributed by atoms with Crippen molar-refractivity contribution in [3.05, 3.63) is 24.4 Å². The Hall–Kier alpha value is -0.720. The van der Waals surface area contributed by atoms with Crippen molar-refractivity contribution in [3.8, 4) is 0 Å². The molecule has 0 saturated carbocycles. The van der Waals surface area contributed by atoms with E-state index < -0.39 is 0 Å². The highest BCUT2D eigenvalue weighted by atomic mass is 14.9. The highest BCUT2D eigenvalue weighted by Crippen LogP contribution is 2.23. The van der Waals surface area contributed by atoms with Crippen molar-refractivity contribution in [3.63, 3.8) is 0 Å². The summed E-state index contributed by atoms with van der Waals surface area (Å²) in [6, 6.07) is 0.335. The van der Waals surface area contributed by atoms with Crippen LogP contribution in [0.3, 0.4) is 0 Å². The monoisotopic (exact) mass is 255 g/mol.